The summed E-state index contributed by atoms with van der Waals surface area (Å²) in [5.74, 6) is 2.96. The summed E-state index contributed by atoms with van der Waals surface area (Å²) in [6, 6.07) is 9.73. The fourth-order valence-corrected chi connectivity index (χ4v) is 4.35. The van der Waals surface area contributed by atoms with Crippen molar-refractivity contribution in [1.82, 2.24) is 30.3 Å². The van der Waals surface area contributed by atoms with E-state index >= 15 is 0 Å². The van der Waals surface area contributed by atoms with Gasteiger partial charge in [-0.2, -0.15) is 5.10 Å². The average Bonchev–Trinajstić information content (AvgIpc) is 3.05. The maximum absolute atomic E-state index is 6.21. The number of halogens is 1. The van der Waals surface area contributed by atoms with Crippen molar-refractivity contribution in [3.05, 3.63) is 58.8 Å². The van der Waals surface area contributed by atoms with Crippen molar-refractivity contribution in [2.75, 3.05) is 0 Å². The van der Waals surface area contributed by atoms with Crippen molar-refractivity contribution >= 4 is 11.6 Å². The Bertz CT molecular complexity index is 968. The number of rotatable bonds is 3. The summed E-state index contributed by atoms with van der Waals surface area (Å²) in [4.78, 5) is 0. The van der Waals surface area contributed by atoms with Gasteiger partial charge in [0.15, 0.2) is 5.82 Å². The van der Waals surface area contributed by atoms with Gasteiger partial charge < -0.3 is 10.1 Å². The van der Waals surface area contributed by atoms with Crippen LogP contribution in [0.15, 0.2) is 36.5 Å². The topological polar surface area (TPSA) is 77.8 Å². The Labute approximate surface area is 168 Å². The molecule has 0 bridgehead atoms. The van der Waals surface area contributed by atoms with Crippen molar-refractivity contribution < 1.29 is 4.74 Å². The first kappa shape index (κ1) is 17.6. The molecule has 8 heteroatoms. The van der Waals surface area contributed by atoms with Crippen molar-refractivity contribution in [3.8, 4) is 11.6 Å². The minimum absolute atomic E-state index is 0.173. The summed E-state index contributed by atoms with van der Waals surface area (Å²) >= 11 is 6.21. The minimum atomic E-state index is 0.173. The van der Waals surface area contributed by atoms with Crippen LogP contribution >= 0.6 is 11.6 Å². The van der Waals surface area contributed by atoms with Crippen LogP contribution in [-0.4, -0.2) is 31.1 Å². The Balaban J connectivity index is 1.37. The molecule has 0 saturated heterocycles. The number of hydrogen-bond donors (Lipinski definition) is 1. The minimum Gasteiger partial charge on any atom is -0.473 e. The SMILES string of the molecule is Clc1ccc2c(c1)CNCc1nnc([C@H]3CC[C@@H](Oc4cccnn4)CC3)n1-2. The van der Waals surface area contributed by atoms with Gasteiger partial charge in [-0.1, -0.05) is 11.6 Å². The van der Waals surface area contributed by atoms with E-state index < -0.39 is 0 Å². The molecule has 3 aromatic rings. The van der Waals surface area contributed by atoms with Gasteiger partial charge in [0.05, 0.1) is 12.2 Å². The van der Waals surface area contributed by atoms with Gasteiger partial charge in [0.1, 0.15) is 11.9 Å². The van der Waals surface area contributed by atoms with E-state index in [1.165, 1.54) is 5.56 Å². The van der Waals surface area contributed by atoms with Crippen LogP contribution in [0.4, 0.5) is 0 Å². The summed E-state index contributed by atoms with van der Waals surface area (Å²) in [6.07, 6.45) is 5.79. The Hall–Kier alpha value is -2.51. The van der Waals surface area contributed by atoms with Gasteiger partial charge in [0.2, 0.25) is 5.88 Å². The Morgan fingerprint density at radius 2 is 1.93 bits per heavy atom. The van der Waals surface area contributed by atoms with Crippen molar-refractivity contribution in [2.24, 2.45) is 0 Å². The lowest BCUT2D eigenvalue weighted by molar-refractivity contribution is 0.137. The van der Waals surface area contributed by atoms with Gasteiger partial charge in [0, 0.05) is 29.7 Å². The fourth-order valence-electron chi connectivity index (χ4n) is 4.15. The Kier molecular flexibility index (Phi) is 4.70. The average molecular weight is 397 g/mol. The second-order valence-electron chi connectivity index (χ2n) is 7.34. The molecule has 3 heterocycles. The maximum atomic E-state index is 6.21. The normalized spacial score (nSPS) is 21.5. The molecule has 0 radical (unpaired) electrons. The van der Waals surface area contributed by atoms with Gasteiger partial charge in [-0.3, -0.25) is 4.57 Å². The van der Waals surface area contributed by atoms with Crippen LogP contribution in [0.3, 0.4) is 0 Å². The van der Waals surface area contributed by atoms with Gasteiger partial charge >= 0.3 is 0 Å². The molecule has 1 saturated carbocycles. The molecule has 1 aromatic carbocycles. The lowest BCUT2D eigenvalue weighted by Gasteiger charge is -2.28. The molecule has 0 unspecified atom stereocenters. The van der Waals surface area contributed by atoms with Crippen LogP contribution in [0.5, 0.6) is 5.88 Å². The van der Waals surface area contributed by atoms with Crippen LogP contribution < -0.4 is 10.1 Å². The van der Waals surface area contributed by atoms with E-state index in [1.807, 2.05) is 24.3 Å². The molecule has 2 aromatic heterocycles. The fraction of sp³-hybridized carbons (Fsp3) is 0.400. The van der Waals surface area contributed by atoms with Gasteiger partial charge in [-0.25, -0.2) is 0 Å². The highest BCUT2D eigenvalue weighted by molar-refractivity contribution is 6.30. The molecule has 0 spiro atoms. The highest BCUT2D eigenvalue weighted by Crippen LogP contribution is 2.36. The lowest BCUT2D eigenvalue weighted by Crippen LogP contribution is -2.25. The molecule has 0 atom stereocenters. The smallest absolute Gasteiger partial charge is 0.233 e. The van der Waals surface area contributed by atoms with Crippen LogP contribution in [0.1, 0.15) is 48.8 Å². The van der Waals surface area contributed by atoms with E-state index in [1.54, 1.807) is 6.20 Å². The summed E-state index contributed by atoms with van der Waals surface area (Å²) < 4.78 is 8.20. The first-order valence-corrected chi connectivity index (χ1v) is 10.0. The maximum Gasteiger partial charge on any atom is 0.233 e. The first-order chi connectivity index (χ1) is 13.8. The third kappa shape index (κ3) is 3.36. The number of nitrogens with one attached hydrogen (secondary N) is 1. The molecule has 5 rings (SSSR count). The van der Waals surface area contributed by atoms with Crippen LogP contribution in [-0.2, 0) is 13.1 Å². The number of aromatic nitrogens is 5. The van der Waals surface area contributed by atoms with E-state index in [2.05, 4.69) is 36.3 Å². The monoisotopic (exact) mass is 396 g/mol. The summed E-state index contributed by atoms with van der Waals surface area (Å²) in [6.45, 7) is 1.47. The third-order valence-electron chi connectivity index (χ3n) is 5.51. The van der Waals surface area contributed by atoms with Crippen LogP contribution in [0.25, 0.3) is 5.69 Å². The summed E-state index contributed by atoms with van der Waals surface area (Å²) in [5.41, 5.74) is 2.30. The number of ether oxygens (including phenoxy) is 1. The molecule has 2 aliphatic rings. The van der Waals surface area contributed by atoms with E-state index in [4.69, 9.17) is 16.3 Å². The molecule has 1 aliphatic heterocycles. The van der Waals surface area contributed by atoms with Gasteiger partial charge in [-0.15, -0.1) is 15.3 Å². The van der Waals surface area contributed by atoms with E-state index in [9.17, 15) is 0 Å². The highest BCUT2D eigenvalue weighted by atomic mass is 35.5. The van der Waals surface area contributed by atoms with Crippen molar-refractivity contribution in [3.63, 3.8) is 0 Å². The van der Waals surface area contributed by atoms with Gasteiger partial charge in [0.25, 0.3) is 0 Å². The van der Waals surface area contributed by atoms with E-state index in [0.29, 0.717) is 18.3 Å². The number of hydrogen-bond acceptors (Lipinski definition) is 6. The van der Waals surface area contributed by atoms with Crippen LogP contribution in [0, 0.1) is 0 Å². The molecular formula is C20H21ClN6O. The second-order valence-corrected chi connectivity index (χ2v) is 7.78. The number of nitrogens with zero attached hydrogens (tertiary/aromatic N) is 5. The number of fused-ring (bicyclic) bond motifs is 3. The zero-order valence-electron chi connectivity index (χ0n) is 15.4. The largest absolute Gasteiger partial charge is 0.473 e. The number of benzene rings is 1. The molecular weight excluding hydrogens is 376 g/mol. The summed E-state index contributed by atoms with van der Waals surface area (Å²) in [7, 11) is 0. The third-order valence-corrected chi connectivity index (χ3v) is 5.75. The predicted molar refractivity (Wildman–Crippen MR) is 105 cm³/mol. The van der Waals surface area contributed by atoms with Crippen LogP contribution in [0.2, 0.25) is 5.02 Å². The summed E-state index contributed by atoms with van der Waals surface area (Å²) in [5, 5.41) is 21.1. The standard InChI is InChI=1S/C20H21ClN6O/c21-15-5-8-17-14(10-15)11-22-12-18-24-26-20(27(17)18)13-3-6-16(7-4-13)28-19-2-1-9-23-25-19/h1-2,5,8-10,13,16,22H,3-4,6-7,11-12H2/t13-,16+. The van der Waals surface area contributed by atoms with Gasteiger partial charge in [-0.05, 0) is 55.5 Å². The quantitative estimate of drug-likeness (QED) is 0.730. The molecule has 28 heavy (non-hydrogen) atoms. The Morgan fingerprint density at radius 1 is 1.04 bits per heavy atom. The first-order valence-electron chi connectivity index (χ1n) is 9.66. The van der Waals surface area contributed by atoms with Crippen molar-refractivity contribution in [2.45, 2.75) is 50.8 Å². The zero-order valence-corrected chi connectivity index (χ0v) is 16.1. The lowest BCUT2D eigenvalue weighted by atomic mass is 9.86. The molecule has 7 nitrogen and oxygen atoms in total. The highest BCUT2D eigenvalue weighted by Gasteiger charge is 2.30. The van der Waals surface area contributed by atoms with E-state index in [0.717, 1.165) is 54.6 Å². The molecule has 1 aliphatic carbocycles. The molecule has 0 amide bonds. The molecule has 144 valence electrons. The predicted octanol–water partition coefficient (Wildman–Crippen LogP) is 3.42. The van der Waals surface area contributed by atoms with Crippen molar-refractivity contribution in [1.29, 1.82) is 0 Å². The Morgan fingerprint density at radius 3 is 2.75 bits per heavy atom. The zero-order chi connectivity index (χ0) is 18.9. The second kappa shape index (κ2) is 7.48. The molecule has 1 N–H and O–H groups in total. The van der Waals surface area contributed by atoms with E-state index in [-0.39, 0.29) is 6.10 Å². The molecule has 1 fully saturated rings.